The van der Waals surface area contributed by atoms with Crippen LogP contribution < -0.4 is 0 Å². The first-order valence-corrected chi connectivity index (χ1v) is 8.95. The summed E-state index contributed by atoms with van der Waals surface area (Å²) in [7, 11) is 1.85. The monoisotopic (exact) mass is 340 g/mol. The van der Waals surface area contributed by atoms with Crippen molar-refractivity contribution in [1.82, 2.24) is 19.4 Å². The number of carbonyl (C=O) groups excluding carboxylic acids is 1. The van der Waals surface area contributed by atoms with Crippen molar-refractivity contribution in [3.63, 3.8) is 0 Å². The van der Waals surface area contributed by atoms with Crippen molar-refractivity contribution >= 4 is 5.91 Å². The number of aromatic nitrogens is 3. The third kappa shape index (κ3) is 3.58. The number of rotatable bonds is 6. The molecular weight excluding hydrogens is 316 g/mol. The van der Waals surface area contributed by atoms with Gasteiger partial charge in [-0.15, -0.1) is 0 Å². The Bertz CT molecular complexity index is 726. The molecule has 6 nitrogen and oxygen atoms in total. The van der Waals surface area contributed by atoms with Crippen LogP contribution in [0.15, 0.2) is 37.1 Å². The van der Waals surface area contributed by atoms with Crippen LogP contribution in [0, 0.1) is 11.8 Å². The second-order valence-corrected chi connectivity index (χ2v) is 7.23. The number of ether oxygens (including phenoxy) is 1. The second kappa shape index (κ2) is 6.96. The number of aryl methyl sites for hydroxylation is 1. The molecule has 0 aromatic carbocycles. The minimum absolute atomic E-state index is 0.0451. The first-order valence-electron chi connectivity index (χ1n) is 8.95. The largest absolute Gasteiger partial charge is 0.381 e. The number of nitrogens with zero attached hydrogens (tertiary/aromatic N) is 4. The maximum absolute atomic E-state index is 12.9. The molecule has 1 aliphatic heterocycles. The summed E-state index contributed by atoms with van der Waals surface area (Å²) in [6.07, 6.45) is 9.54. The Morgan fingerprint density at radius 1 is 1.20 bits per heavy atom. The number of amides is 1. The van der Waals surface area contributed by atoms with Crippen molar-refractivity contribution in [2.75, 3.05) is 26.3 Å². The molecule has 25 heavy (non-hydrogen) atoms. The van der Waals surface area contributed by atoms with Gasteiger partial charge in [0.2, 0.25) is 0 Å². The van der Waals surface area contributed by atoms with E-state index >= 15 is 0 Å². The van der Waals surface area contributed by atoms with E-state index < -0.39 is 0 Å². The molecule has 4 rings (SSSR count). The summed E-state index contributed by atoms with van der Waals surface area (Å²) in [5.41, 5.74) is 1.86. The van der Waals surface area contributed by atoms with Crippen molar-refractivity contribution in [3.8, 4) is 0 Å². The molecule has 0 N–H and O–H groups in total. The lowest BCUT2D eigenvalue weighted by molar-refractivity contribution is 0.0732. The van der Waals surface area contributed by atoms with E-state index in [1.807, 2.05) is 24.3 Å². The summed E-state index contributed by atoms with van der Waals surface area (Å²) in [5.74, 6) is 1.41. The first kappa shape index (κ1) is 16.3. The number of hydrogen-bond donors (Lipinski definition) is 0. The molecule has 3 heterocycles. The minimum Gasteiger partial charge on any atom is -0.381 e. The van der Waals surface area contributed by atoms with Crippen LogP contribution in [0.5, 0.6) is 0 Å². The van der Waals surface area contributed by atoms with Crippen LogP contribution in [0.4, 0.5) is 0 Å². The average Bonchev–Trinajstić information content (AvgIpc) is 3.20. The number of pyridine rings is 1. The predicted molar refractivity (Wildman–Crippen MR) is 93.1 cm³/mol. The van der Waals surface area contributed by atoms with Gasteiger partial charge in [0.25, 0.3) is 5.91 Å². The number of carbonyl (C=O) groups is 1. The fourth-order valence-electron chi connectivity index (χ4n) is 3.59. The van der Waals surface area contributed by atoms with Gasteiger partial charge in [0.15, 0.2) is 0 Å². The summed E-state index contributed by atoms with van der Waals surface area (Å²) in [4.78, 5) is 23.0. The first-order chi connectivity index (χ1) is 12.2. The molecule has 1 saturated heterocycles. The molecule has 2 fully saturated rings. The Kier molecular flexibility index (Phi) is 4.53. The predicted octanol–water partition coefficient (Wildman–Crippen LogP) is 2.10. The topological polar surface area (TPSA) is 60.2 Å². The fourth-order valence-corrected chi connectivity index (χ4v) is 3.59. The fraction of sp³-hybridized carbons (Fsp3) is 0.526. The molecule has 0 spiro atoms. The van der Waals surface area contributed by atoms with Crippen molar-refractivity contribution in [2.24, 2.45) is 18.9 Å². The van der Waals surface area contributed by atoms with Crippen molar-refractivity contribution in [3.05, 3.63) is 48.3 Å². The van der Waals surface area contributed by atoms with E-state index in [0.717, 1.165) is 19.1 Å². The van der Waals surface area contributed by atoms with Gasteiger partial charge in [-0.1, -0.05) is 0 Å². The van der Waals surface area contributed by atoms with Gasteiger partial charge in [0.05, 0.1) is 19.1 Å². The summed E-state index contributed by atoms with van der Waals surface area (Å²) in [6, 6.07) is 4.10. The smallest absolute Gasteiger partial charge is 0.272 e. The number of imidazole rings is 1. The summed E-state index contributed by atoms with van der Waals surface area (Å²) < 4.78 is 7.74. The quantitative estimate of drug-likeness (QED) is 0.808. The molecule has 0 unspecified atom stereocenters. The van der Waals surface area contributed by atoms with Gasteiger partial charge in [-0.05, 0) is 36.5 Å². The van der Waals surface area contributed by atoms with Gasteiger partial charge in [0, 0.05) is 51.0 Å². The molecule has 1 saturated carbocycles. The number of likely N-dealkylation sites (tertiary alicyclic amines) is 1. The molecule has 6 heteroatoms. The normalized spacial score (nSPS) is 23.2. The molecule has 2 aromatic rings. The summed E-state index contributed by atoms with van der Waals surface area (Å²) >= 11 is 0. The van der Waals surface area contributed by atoms with Crippen LogP contribution in [0.2, 0.25) is 0 Å². The van der Waals surface area contributed by atoms with Gasteiger partial charge >= 0.3 is 0 Å². The molecule has 132 valence electrons. The van der Waals surface area contributed by atoms with E-state index in [9.17, 15) is 4.79 Å². The van der Waals surface area contributed by atoms with Gasteiger partial charge in [-0.3, -0.25) is 9.78 Å². The van der Waals surface area contributed by atoms with Crippen molar-refractivity contribution in [1.29, 1.82) is 0 Å². The highest BCUT2D eigenvalue weighted by atomic mass is 16.5. The molecule has 0 bridgehead atoms. The van der Waals surface area contributed by atoms with Crippen molar-refractivity contribution in [2.45, 2.75) is 18.8 Å². The summed E-state index contributed by atoms with van der Waals surface area (Å²) in [5, 5.41) is 0. The zero-order valence-corrected chi connectivity index (χ0v) is 14.5. The lowest BCUT2D eigenvalue weighted by Gasteiger charge is -2.18. The van der Waals surface area contributed by atoms with E-state index in [1.54, 1.807) is 17.1 Å². The third-order valence-electron chi connectivity index (χ3n) is 5.28. The molecule has 2 aliphatic rings. The van der Waals surface area contributed by atoms with Crippen LogP contribution in [0.3, 0.4) is 0 Å². The van der Waals surface area contributed by atoms with Gasteiger partial charge in [0.1, 0.15) is 5.69 Å². The molecule has 1 amide bonds. The highest BCUT2D eigenvalue weighted by Gasteiger charge is 2.37. The molecule has 0 radical (unpaired) electrons. The molecule has 2 aromatic heterocycles. The molecule has 1 aliphatic carbocycles. The second-order valence-electron chi connectivity index (χ2n) is 7.23. The zero-order valence-electron chi connectivity index (χ0n) is 14.5. The standard InChI is InChI=1S/C19H24N4O2/c1-22-13-21-8-18(22)19(24)23-9-16(12-25-11-14-2-3-14)17(10-23)15-4-6-20-7-5-15/h4-8,13-14,16-17H,2-3,9-12H2,1H3/t16-,17-/m0/s1. The van der Waals surface area contributed by atoms with Crippen LogP contribution >= 0.6 is 0 Å². The Hall–Kier alpha value is -2.21. The lowest BCUT2D eigenvalue weighted by Crippen LogP contribution is -2.30. The van der Waals surface area contributed by atoms with Crippen molar-refractivity contribution < 1.29 is 9.53 Å². The SMILES string of the molecule is Cn1cncc1C(=O)N1C[C@@H](COCC2CC2)[C@H](c2ccncc2)C1. The molecular formula is C19H24N4O2. The Morgan fingerprint density at radius 3 is 2.68 bits per heavy atom. The van der Waals surface area contributed by atoms with E-state index in [0.29, 0.717) is 30.7 Å². The maximum Gasteiger partial charge on any atom is 0.272 e. The summed E-state index contributed by atoms with van der Waals surface area (Å²) in [6.45, 7) is 3.00. The zero-order chi connectivity index (χ0) is 17.2. The van der Waals surface area contributed by atoms with E-state index in [1.165, 1.54) is 18.4 Å². The Morgan fingerprint density at radius 2 is 2.00 bits per heavy atom. The third-order valence-corrected chi connectivity index (χ3v) is 5.28. The Balaban J connectivity index is 1.48. The highest BCUT2D eigenvalue weighted by molar-refractivity contribution is 5.92. The van der Waals surface area contributed by atoms with Crippen LogP contribution in [0.1, 0.15) is 34.8 Å². The van der Waals surface area contributed by atoms with Gasteiger partial charge < -0.3 is 14.2 Å². The number of hydrogen-bond acceptors (Lipinski definition) is 4. The van der Waals surface area contributed by atoms with E-state index in [2.05, 4.69) is 22.1 Å². The van der Waals surface area contributed by atoms with Crippen LogP contribution in [-0.4, -0.2) is 51.6 Å². The highest BCUT2D eigenvalue weighted by Crippen LogP contribution is 2.34. The van der Waals surface area contributed by atoms with E-state index in [-0.39, 0.29) is 5.91 Å². The maximum atomic E-state index is 12.9. The van der Waals surface area contributed by atoms with Gasteiger partial charge in [-0.25, -0.2) is 4.98 Å². The molecule has 2 atom stereocenters. The average molecular weight is 340 g/mol. The van der Waals surface area contributed by atoms with Crippen LogP contribution in [-0.2, 0) is 11.8 Å². The lowest BCUT2D eigenvalue weighted by atomic mass is 9.90. The van der Waals surface area contributed by atoms with E-state index in [4.69, 9.17) is 4.74 Å². The van der Waals surface area contributed by atoms with Crippen LogP contribution in [0.25, 0.3) is 0 Å². The van der Waals surface area contributed by atoms with Gasteiger partial charge in [-0.2, -0.15) is 0 Å². The Labute approximate surface area is 147 Å². The minimum atomic E-state index is 0.0451.